The second-order valence-electron chi connectivity index (χ2n) is 5.55. The van der Waals surface area contributed by atoms with E-state index in [4.69, 9.17) is 9.84 Å². The number of methoxy groups -OCH3 is 1. The predicted octanol–water partition coefficient (Wildman–Crippen LogP) is 4.13. The number of pyridine rings is 1. The van der Waals surface area contributed by atoms with Gasteiger partial charge in [-0.1, -0.05) is 6.07 Å². The van der Waals surface area contributed by atoms with Crippen LogP contribution in [0.4, 0.5) is 8.78 Å². The highest BCUT2D eigenvalue weighted by Crippen LogP contribution is 2.37. The average molecular weight is 387 g/mol. The van der Waals surface area contributed by atoms with Crippen molar-refractivity contribution in [2.24, 2.45) is 0 Å². The molecule has 3 aromatic heterocycles. The van der Waals surface area contributed by atoms with Crippen LogP contribution < -0.4 is 4.74 Å². The van der Waals surface area contributed by atoms with E-state index in [1.165, 1.54) is 25.4 Å². The number of ether oxygens (including phenoxy) is 1. The number of carboxylic acids is 1. The third kappa shape index (κ3) is 2.72. The molecule has 0 unspecified atom stereocenters. The van der Waals surface area contributed by atoms with Crippen LogP contribution in [0.25, 0.3) is 27.8 Å². The molecule has 0 bridgehead atoms. The molecule has 0 spiro atoms. The SMILES string of the molecule is COc1nccc2c1c(-c1csc(C(=O)O)c1)nn2-c1c(F)cccc1F. The monoisotopic (exact) mass is 387 g/mol. The van der Waals surface area contributed by atoms with Crippen molar-refractivity contribution in [2.75, 3.05) is 7.11 Å². The van der Waals surface area contributed by atoms with Crippen LogP contribution in [-0.2, 0) is 0 Å². The summed E-state index contributed by atoms with van der Waals surface area (Å²) in [5, 5.41) is 15.6. The van der Waals surface area contributed by atoms with Crippen molar-refractivity contribution >= 4 is 28.2 Å². The first-order chi connectivity index (χ1) is 13.0. The molecule has 0 amide bonds. The van der Waals surface area contributed by atoms with Gasteiger partial charge in [-0.05, 0) is 24.3 Å². The molecule has 4 aromatic rings. The quantitative estimate of drug-likeness (QED) is 0.570. The maximum atomic E-state index is 14.3. The van der Waals surface area contributed by atoms with Crippen LogP contribution in [0.3, 0.4) is 0 Å². The molecule has 0 saturated heterocycles. The molecule has 1 N–H and O–H groups in total. The minimum absolute atomic E-state index is 0.118. The van der Waals surface area contributed by atoms with Gasteiger partial charge in [-0.3, -0.25) is 0 Å². The largest absolute Gasteiger partial charge is 0.480 e. The number of rotatable bonds is 4. The molecule has 1 aromatic carbocycles. The lowest BCUT2D eigenvalue weighted by molar-refractivity contribution is 0.0702. The molecule has 0 aliphatic heterocycles. The summed E-state index contributed by atoms with van der Waals surface area (Å²) in [4.78, 5) is 15.4. The Kier molecular flexibility index (Phi) is 4.08. The molecular weight excluding hydrogens is 376 g/mol. The summed E-state index contributed by atoms with van der Waals surface area (Å²) in [5.74, 6) is -2.41. The fourth-order valence-corrected chi connectivity index (χ4v) is 3.56. The lowest BCUT2D eigenvalue weighted by atomic mass is 10.1. The van der Waals surface area contributed by atoms with Crippen molar-refractivity contribution in [1.82, 2.24) is 14.8 Å². The number of fused-ring (bicyclic) bond motifs is 1. The van der Waals surface area contributed by atoms with E-state index in [1.54, 1.807) is 11.4 Å². The Hall–Kier alpha value is -3.33. The summed E-state index contributed by atoms with van der Waals surface area (Å²) in [6.45, 7) is 0. The topological polar surface area (TPSA) is 77.2 Å². The Balaban J connectivity index is 2.06. The third-order valence-electron chi connectivity index (χ3n) is 3.99. The minimum Gasteiger partial charge on any atom is -0.480 e. The fraction of sp³-hybridized carbons (Fsp3) is 0.0556. The van der Waals surface area contributed by atoms with Crippen LogP contribution >= 0.6 is 11.3 Å². The molecule has 9 heteroatoms. The minimum atomic E-state index is -1.07. The Morgan fingerprint density at radius 2 is 2.00 bits per heavy atom. The Labute approximate surface area is 155 Å². The second-order valence-corrected chi connectivity index (χ2v) is 6.46. The van der Waals surface area contributed by atoms with Crippen LogP contribution in [-0.4, -0.2) is 33.0 Å². The van der Waals surface area contributed by atoms with E-state index in [-0.39, 0.29) is 16.4 Å². The second kappa shape index (κ2) is 6.44. The Bertz CT molecular complexity index is 1170. The zero-order chi connectivity index (χ0) is 19.1. The number of carboxylic acid groups (broad SMARTS) is 1. The summed E-state index contributed by atoms with van der Waals surface area (Å²) in [7, 11) is 1.42. The van der Waals surface area contributed by atoms with Gasteiger partial charge < -0.3 is 9.84 Å². The standard InChI is InChI=1S/C18H11F2N3O3S/c1-26-17-14-12(5-6-21-17)23(16-10(19)3-2-4-11(16)20)22-15(14)9-7-13(18(24)25)27-8-9/h2-8H,1H3,(H,24,25). The smallest absolute Gasteiger partial charge is 0.345 e. The van der Waals surface area contributed by atoms with Gasteiger partial charge in [-0.2, -0.15) is 5.10 Å². The molecule has 136 valence electrons. The molecule has 3 heterocycles. The number of carbonyl (C=O) groups is 1. The molecule has 6 nitrogen and oxygen atoms in total. The highest BCUT2D eigenvalue weighted by Gasteiger charge is 2.23. The number of hydrogen-bond acceptors (Lipinski definition) is 5. The number of aromatic nitrogens is 3. The maximum Gasteiger partial charge on any atom is 0.345 e. The van der Waals surface area contributed by atoms with Gasteiger partial charge >= 0.3 is 5.97 Å². The lowest BCUT2D eigenvalue weighted by Gasteiger charge is -2.06. The van der Waals surface area contributed by atoms with Crippen LogP contribution in [0.5, 0.6) is 5.88 Å². The van der Waals surface area contributed by atoms with Crippen LogP contribution in [0.15, 0.2) is 41.9 Å². The van der Waals surface area contributed by atoms with Gasteiger partial charge in [0.2, 0.25) is 5.88 Å². The van der Waals surface area contributed by atoms with Gasteiger partial charge in [-0.15, -0.1) is 11.3 Å². The van der Waals surface area contributed by atoms with E-state index in [0.717, 1.165) is 28.2 Å². The highest BCUT2D eigenvalue weighted by atomic mass is 32.1. The maximum absolute atomic E-state index is 14.3. The van der Waals surface area contributed by atoms with Crippen LogP contribution in [0, 0.1) is 11.6 Å². The molecule has 4 rings (SSSR count). The number of hydrogen-bond donors (Lipinski definition) is 1. The third-order valence-corrected chi connectivity index (χ3v) is 4.90. The number of benzene rings is 1. The number of para-hydroxylation sites is 1. The first-order valence-corrected chi connectivity index (χ1v) is 8.57. The van der Waals surface area contributed by atoms with Gasteiger partial charge in [0.15, 0.2) is 11.6 Å². The van der Waals surface area contributed by atoms with Crippen molar-refractivity contribution in [1.29, 1.82) is 0 Å². The number of thiophene rings is 1. The van der Waals surface area contributed by atoms with E-state index in [0.29, 0.717) is 22.2 Å². The first-order valence-electron chi connectivity index (χ1n) is 7.69. The molecule has 0 saturated carbocycles. The van der Waals surface area contributed by atoms with Crippen molar-refractivity contribution in [3.8, 4) is 22.8 Å². The summed E-state index contributed by atoms with van der Waals surface area (Å²) in [6.07, 6.45) is 1.44. The average Bonchev–Trinajstić information content (AvgIpc) is 3.27. The zero-order valence-electron chi connectivity index (χ0n) is 13.8. The van der Waals surface area contributed by atoms with Crippen molar-refractivity contribution in [2.45, 2.75) is 0 Å². The number of nitrogens with zero attached hydrogens (tertiary/aromatic N) is 3. The van der Waals surface area contributed by atoms with Gasteiger partial charge in [0.05, 0.1) is 18.0 Å². The Morgan fingerprint density at radius 1 is 1.26 bits per heavy atom. The molecule has 0 radical (unpaired) electrons. The molecule has 27 heavy (non-hydrogen) atoms. The molecular formula is C18H11F2N3O3S. The van der Waals surface area contributed by atoms with Crippen LogP contribution in [0.1, 0.15) is 9.67 Å². The van der Waals surface area contributed by atoms with Gasteiger partial charge in [0, 0.05) is 17.1 Å². The molecule has 0 atom stereocenters. The molecule has 0 aliphatic rings. The predicted molar refractivity (Wildman–Crippen MR) is 95.6 cm³/mol. The van der Waals surface area contributed by atoms with E-state index >= 15 is 0 Å². The summed E-state index contributed by atoms with van der Waals surface area (Å²) < 4.78 is 35.1. The van der Waals surface area contributed by atoms with E-state index in [2.05, 4.69) is 10.1 Å². The Morgan fingerprint density at radius 3 is 2.63 bits per heavy atom. The fourth-order valence-electron chi connectivity index (χ4n) is 2.83. The number of aromatic carboxylic acids is 1. The summed E-state index contributed by atoms with van der Waals surface area (Å²) in [6, 6.07) is 6.54. The molecule has 0 aliphatic carbocycles. The first kappa shape index (κ1) is 17.1. The summed E-state index contributed by atoms with van der Waals surface area (Å²) in [5.41, 5.74) is 0.852. The zero-order valence-corrected chi connectivity index (χ0v) is 14.6. The van der Waals surface area contributed by atoms with Gasteiger partial charge in [0.1, 0.15) is 16.3 Å². The van der Waals surface area contributed by atoms with E-state index < -0.39 is 17.6 Å². The number of halogens is 2. The van der Waals surface area contributed by atoms with E-state index in [1.807, 2.05) is 0 Å². The lowest BCUT2D eigenvalue weighted by Crippen LogP contribution is -2.03. The van der Waals surface area contributed by atoms with Crippen molar-refractivity contribution < 1.29 is 23.4 Å². The highest BCUT2D eigenvalue weighted by molar-refractivity contribution is 7.12. The summed E-state index contributed by atoms with van der Waals surface area (Å²) >= 11 is 1.03. The van der Waals surface area contributed by atoms with E-state index in [9.17, 15) is 13.6 Å². The van der Waals surface area contributed by atoms with Crippen LogP contribution in [0.2, 0.25) is 0 Å². The molecule has 0 fully saturated rings. The normalized spacial score (nSPS) is 11.1. The van der Waals surface area contributed by atoms with Gasteiger partial charge in [0.25, 0.3) is 0 Å². The van der Waals surface area contributed by atoms with Crippen molar-refractivity contribution in [3.05, 3.63) is 58.4 Å². The van der Waals surface area contributed by atoms with Crippen molar-refractivity contribution in [3.63, 3.8) is 0 Å². The van der Waals surface area contributed by atoms with Gasteiger partial charge in [-0.25, -0.2) is 23.2 Å².